The van der Waals surface area contributed by atoms with Crippen molar-refractivity contribution >= 4 is 17.2 Å². The minimum absolute atomic E-state index is 0.0476. The van der Waals surface area contributed by atoms with Crippen LogP contribution in [-0.4, -0.2) is 22.2 Å². The molecule has 0 saturated carbocycles. The summed E-state index contributed by atoms with van der Waals surface area (Å²) in [6.07, 6.45) is 0.734. The Labute approximate surface area is 140 Å². The third-order valence-corrected chi connectivity index (χ3v) is 4.20. The van der Waals surface area contributed by atoms with Crippen LogP contribution in [0.2, 0.25) is 0 Å². The molecule has 1 N–H and O–H groups in total. The summed E-state index contributed by atoms with van der Waals surface area (Å²) in [6, 6.07) is 9.33. The maximum absolute atomic E-state index is 12.9. The fourth-order valence-corrected chi connectivity index (χ4v) is 2.80. The predicted octanol–water partition coefficient (Wildman–Crippen LogP) is 2.06. The Morgan fingerprint density at radius 2 is 2.08 bits per heavy atom. The van der Waals surface area contributed by atoms with E-state index < -0.39 is 11.6 Å². The van der Waals surface area contributed by atoms with Gasteiger partial charge in [0, 0.05) is 17.0 Å². The van der Waals surface area contributed by atoms with Crippen LogP contribution in [0.25, 0.3) is 11.5 Å². The molecule has 1 amide bonds. The largest absolute Gasteiger partial charge is 0.437 e. The van der Waals surface area contributed by atoms with Gasteiger partial charge in [0.1, 0.15) is 12.4 Å². The number of nitrogens with one attached hydrogen (secondary N) is 1. The maximum Gasteiger partial charge on any atom is 0.437 e. The van der Waals surface area contributed by atoms with Gasteiger partial charge in [0.15, 0.2) is 0 Å². The van der Waals surface area contributed by atoms with Gasteiger partial charge in [0.05, 0.1) is 0 Å². The molecule has 3 aromatic rings. The van der Waals surface area contributed by atoms with Gasteiger partial charge in [-0.25, -0.2) is 9.18 Å². The van der Waals surface area contributed by atoms with Crippen molar-refractivity contribution in [2.45, 2.75) is 13.0 Å². The Bertz CT molecular complexity index is 869. The van der Waals surface area contributed by atoms with Crippen LogP contribution in [0.1, 0.15) is 4.88 Å². The smallest absolute Gasteiger partial charge is 0.388 e. The average Bonchev–Trinajstić information content (AvgIpc) is 3.19. The van der Waals surface area contributed by atoms with Crippen LogP contribution in [0.15, 0.2) is 51.0 Å². The zero-order valence-electron chi connectivity index (χ0n) is 12.6. The van der Waals surface area contributed by atoms with Gasteiger partial charge >= 0.3 is 5.76 Å². The van der Waals surface area contributed by atoms with Gasteiger partial charge in [-0.1, -0.05) is 6.07 Å². The van der Waals surface area contributed by atoms with Crippen molar-refractivity contribution in [3.63, 3.8) is 0 Å². The summed E-state index contributed by atoms with van der Waals surface area (Å²) in [4.78, 5) is 24.8. The number of halogens is 1. The van der Waals surface area contributed by atoms with Crippen LogP contribution in [0.4, 0.5) is 4.39 Å². The summed E-state index contributed by atoms with van der Waals surface area (Å²) in [5.41, 5.74) is 0.463. The zero-order valence-corrected chi connectivity index (χ0v) is 13.4. The van der Waals surface area contributed by atoms with E-state index in [4.69, 9.17) is 4.42 Å². The fraction of sp³-hybridized carbons (Fsp3) is 0.188. The number of aromatic nitrogens is 2. The van der Waals surface area contributed by atoms with Crippen molar-refractivity contribution < 1.29 is 13.6 Å². The van der Waals surface area contributed by atoms with Crippen LogP contribution in [0.5, 0.6) is 0 Å². The highest BCUT2D eigenvalue weighted by Crippen LogP contribution is 2.15. The first kappa shape index (κ1) is 16.1. The molecule has 1 aromatic carbocycles. The Hall–Kier alpha value is -2.74. The van der Waals surface area contributed by atoms with Crippen molar-refractivity contribution in [1.29, 1.82) is 0 Å². The third-order valence-electron chi connectivity index (χ3n) is 3.26. The Morgan fingerprint density at radius 3 is 2.79 bits per heavy atom. The fourth-order valence-electron chi connectivity index (χ4n) is 2.09. The van der Waals surface area contributed by atoms with E-state index in [9.17, 15) is 14.0 Å². The number of benzene rings is 1. The number of carbonyl (C=O) groups excluding carboxylic acids is 1. The minimum Gasteiger partial charge on any atom is -0.388 e. The summed E-state index contributed by atoms with van der Waals surface area (Å²) in [5.74, 6) is -1.41. The summed E-state index contributed by atoms with van der Waals surface area (Å²) < 4.78 is 18.9. The highest BCUT2D eigenvalue weighted by molar-refractivity contribution is 7.09. The first-order valence-corrected chi connectivity index (χ1v) is 8.13. The topological polar surface area (TPSA) is 77.1 Å². The number of carbonyl (C=O) groups is 1. The molecular weight excluding hydrogens is 333 g/mol. The van der Waals surface area contributed by atoms with E-state index in [-0.39, 0.29) is 18.3 Å². The number of rotatable bonds is 6. The summed E-state index contributed by atoms with van der Waals surface area (Å²) >= 11 is 1.62. The number of amides is 1. The van der Waals surface area contributed by atoms with Crippen molar-refractivity contribution in [1.82, 2.24) is 15.1 Å². The Morgan fingerprint density at radius 1 is 1.29 bits per heavy atom. The molecule has 0 fully saturated rings. The van der Waals surface area contributed by atoms with Gasteiger partial charge in [-0.2, -0.15) is 4.68 Å². The molecule has 2 aromatic heterocycles. The third kappa shape index (κ3) is 3.96. The molecule has 3 rings (SSSR count). The molecule has 0 spiro atoms. The second-order valence-corrected chi connectivity index (χ2v) is 6.05. The lowest BCUT2D eigenvalue weighted by Gasteiger charge is -2.03. The van der Waals surface area contributed by atoms with Crippen molar-refractivity contribution in [2.75, 3.05) is 6.54 Å². The number of thiophene rings is 1. The first-order valence-electron chi connectivity index (χ1n) is 7.25. The van der Waals surface area contributed by atoms with Gasteiger partial charge in [0.25, 0.3) is 0 Å². The van der Waals surface area contributed by atoms with Crippen molar-refractivity contribution in [2.24, 2.45) is 0 Å². The van der Waals surface area contributed by atoms with E-state index >= 15 is 0 Å². The highest BCUT2D eigenvalue weighted by Gasteiger charge is 2.13. The first-order chi connectivity index (χ1) is 11.6. The molecule has 0 aliphatic heterocycles. The summed E-state index contributed by atoms with van der Waals surface area (Å²) in [6.45, 7) is 0.255. The SMILES string of the molecule is O=C(Cn1nc(-c2ccc(F)cc2)oc1=O)NCCc1cccs1. The van der Waals surface area contributed by atoms with Crippen LogP contribution < -0.4 is 11.1 Å². The lowest BCUT2D eigenvalue weighted by molar-refractivity contribution is -0.121. The van der Waals surface area contributed by atoms with Crippen LogP contribution >= 0.6 is 11.3 Å². The lowest BCUT2D eigenvalue weighted by Crippen LogP contribution is -2.32. The molecule has 24 heavy (non-hydrogen) atoms. The van der Waals surface area contributed by atoms with Crippen LogP contribution in [-0.2, 0) is 17.8 Å². The van der Waals surface area contributed by atoms with E-state index in [1.165, 1.54) is 29.1 Å². The lowest BCUT2D eigenvalue weighted by atomic mass is 10.2. The number of hydrogen-bond acceptors (Lipinski definition) is 5. The minimum atomic E-state index is -0.734. The monoisotopic (exact) mass is 347 g/mol. The van der Waals surface area contributed by atoms with Gasteiger partial charge in [-0.3, -0.25) is 4.79 Å². The zero-order chi connectivity index (χ0) is 16.9. The van der Waals surface area contributed by atoms with Gasteiger partial charge in [-0.15, -0.1) is 16.4 Å². The summed E-state index contributed by atoms with van der Waals surface area (Å²) in [7, 11) is 0. The molecule has 124 valence electrons. The number of hydrogen-bond donors (Lipinski definition) is 1. The molecule has 2 heterocycles. The molecule has 0 unspecified atom stereocenters. The Balaban J connectivity index is 1.59. The van der Waals surface area contributed by atoms with E-state index in [0.717, 1.165) is 11.1 Å². The van der Waals surface area contributed by atoms with Crippen molar-refractivity contribution in [3.8, 4) is 11.5 Å². The molecule has 0 saturated heterocycles. The second-order valence-electron chi connectivity index (χ2n) is 5.02. The van der Waals surface area contributed by atoms with Gasteiger partial charge in [0.2, 0.25) is 11.8 Å². The van der Waals surface area contributed by atoms with E-state index in [0.29, 0.717) is 12.1 Å². The standard InChI is InChI=1S/C16H14FN3O3S/c17-12-5-3-11(4-6-12)15-19-20(16(22)23-15)10-14(21)18-8-7-13-2-1-9-24-13/h1-6,9H,7-8,10H2,(H,18,21). The van der Waals surface area contributed by atoms with Crippen LogP contribution in [0, 0.1) is 5.82 Å². The molecule has 0 aliphatic carbocycles. The molecule has 0 radical (unpaired) electrons. The normalized spacial score (nSPS) is 10.7. The molecule has 0 bridgehead atoms. The van der Waals surface area contributed by atoms with E-state index in [1.807, 2.05) is 17.5 Å². The molecular formula is C16H14FN3O3S. The van der Waals surface area contributed by atoms with E-state index in [1.54, 1.807) is 11.3 Å². The summed E-state index contributed by atoms with van der Waals surface area (Å²) in [5, 5.41) is 8.67. The quantitative estimate of drug-likeness (QED) is 0.740. The predicted molar refractivity (Wildman–Crippen MR) is 87.2 cm³/mol. The second kappa shape index (κ2) is 7.22. The molecule has 6 nitrogen and oxygen atoms in total. The Kier molecular flexibility index (Phi) is 4.85. The average molecular weight is 347 g/mol. The van der Waals surface area contributed by atoms with E-state index in [2.05, 4.69) is 10.4 Å². The van der Waals surface area contributed by atoms with Crippen LogP contribution in [0.3, 0.4) is 0 Å². The van der Waals surface area contributed by atoms with Gasteiger partial charge < -0.3 is 9.73 Å². The highest BCUT2D eigenvalue weighted by atomic mass is 32.1. The number of nitrogens with zero attached hydrogens (tertiary/aromatic N) is 2. The maximum atomic E-state index is 12.9. The molecule has 0 aliphatic rings. The molecule has 8 heteroatoms. The van der Waals surface area contributed by atoms with Gasteiger partial charge in [-0.05, 0) is 42.1 Å². The molecule has 0 atom stereocenters. The van der Waals surface area contributed by atoms with Crippen molar-refractivity contribution in [3.05, 3.63) is 63.0 Å².